The number of nitrogens with one attached hydrogen (secondary N) is 1. The summed E-state index contributed by atoms with van der Waals surface area (Å²) in [5, 5.41) is 16.0. The summed E-state index contributed by atoms with van der Waals surface area (Å²) in [6.45, 7) is 4.08. The Kier molecular flexibility index (Phi) is 5.17. The molecule has 0 aliphatic carbocycles. The number of amides is 1. The van der Waals surface area contributed by atoms with Crippen LogP contribution >= 0.6 is 0 Å². The lowest BCUT2D eigenvalue weighted by molar-refractivity contribution is -0.120. The minimum atomic E-state index is -0.674. The number of primary amides is 1. The van der Waals surface area contributed by atoms with Crippen molar-refractivity contribution in [2.75, 3.05) is 13.1 Å². The molecule has 1 rings (SSSR count). The van der Waals surface area contributed by atoms with Crippen LogP contribution in [0.2, 0.25) is 0 Å². The molecule has 0 aromatic heterocycles. The number of rotatable bonds is 6. The van der Waals surface area contributed by atoms with E-state index in [2.05, 4.69) is 15.3 Å². The predicted molar refractivity (Wildman–Crippen MR) is 71.5 cm³/mol. The molecule has 0 heterocycles. The number of hydrogen-bond donors (Lipinski definition) is 3. The van der Waals surface area contributed by atoms with Gasteiger partial charge in [-0.2, -0.15) is 0 Å². The fourth-order valence-electron chi connectivity index (χ4n) is 1.84. The van der Waals surface area contributed by atoms with E-state index in [0.29, 0.717) is 23.2 Å². The molecule has 0 saturated heterocycles. The van der Waals surface area contributed by atoms with Crippen molar-refractivity contribution in [2.24, 2.45) is 10.8 Å². The third-order valence-corrected chi connectivity index (χ3v) is 2.75. The van der Waals surface area contributed by atoms with Gasteiger partial charge in [0.25, 0.3) is 0 Å². The Bertz CT molecular complexity index is 500. The van der Waals surface area contributed by atoms with Crippen LogP contribution in [0, 0.1) is 13.8 Å². The van der Waals surface area contributed by atoms with Crippen LogP contribution < -0.4 is 11.1 Å². The molecular formula is C12H17N5O2. The molecule has 1 amide bonds. The number of aromatic hydroxyl groups is 1. The number of phenolic OH excluding ortho intramolecular Hbond substituents is 1. The maximum Gasteiger partial charge on any atom is 0.239 e. The summed E-state index contributed by atoms with van der Waals surface area (Å²) >= 11 is 0. The van der Waals surface area contributed by atoms with Crippen molar-refractivity contribution in [3.63, 3.8) is 0 Å². The molecule has 0 bridgehead atoms. The number of phenols is 1. The van der Waals surface area contributed by atoms with Crippen LogP contribution in [0.15, 0.2) is 17.2 Å². The van der Waals surface area contributed by atoms with Crippen molar-refractivity contribution >= 4 is 5.91 Å². The summed E-state index contributed by atoms with van der Waals surface area (Å²) in [7, 11) is 0. The van der Waals surface area contributed by atoms with Crippen LogP contribution in [-0.2, 0) is 4.79 Å². The molecule has 4 N–H and O–H groups in total. The van der Waals surface area contributed by atoms with Crippen LogP contribution in [-0.4, -0.2) is 24.1 Å². The first-order valence-corrected chi connectivity index (χ1v) is 5.81. The Hall–Kier alpha value is -2.24. The van der Waals surface area contributed by atoms with Gasteiger partial charge in [-0.05, 0) is 36.1 Å². The highest BCUT2D eigenvalue weighted by Gasteiger charge is 2.18. The van der Waals surface area contributed by atoms with E-state index in [4.69, 9.17) is 11.3 Å². The van der Waals surface area contributed by atoms with Gasteiger partial charge in [0.05, 0.1) is 0 Å². The molecule has 7 nitrogen and oxygen atoms in total. The van der Waals surface area contributed by atoms with Gasteiger partial charge in [0.2, 0.25) is 5.91 Å². The fourth-order valence-corrected chi connectivity index (χ4v) is 1.84. The van der Waals surface area contributed by atoms with Gasteiger partial charge in [-0.3, -0.25) is 4.79 Å². The molecule has 7 heteroatoms. The van der Waals surface area contributed by atoms with E-state index >= 15 is 0 Å². The number of benzene rings is 1. The average molecular weight is 263 g/mol. The van der Waals surface area contributed by atoms with E-state index in [-0.39, 0.29) is 12.3 Å². The van der Waals surface area contributed by atoms with E-state index < -0.39 is 11.9 Å². The van der Waals surface area contributed by atoms with E-state index in [9.17, 15) is 9.90 Å². The molecule has 102 valence electrons. The first kappa shape index (κ1) is 14.8. The summed E-state index contributed by atoms with van der Waals surface area (Å²) in [5.41, 5.74) is 15.6. The van der Waals surface area contributed by atoms with Gasteiger partial charge in [-0.15, -0.1) is 0 Å². The van der Waals surface area contributed by atoms with Gasteiger partial charge < -0.3 is 16.2 Å². The lowest BCUT2D eigenvalue weighted by Crippen LogP contribution is -2.35. The second-order valence-corrected chi connectivity index (χ2v) is 4.25. The molecule has 0 spiro atoms. The van der Waals surface area contributed by atoms with E-state index in [0.717, 1.165) is 0 Å². The van der Waals surface area contributed by atoms with Crippen LogP contribution in [0.5, 0.6) is 5.75 Å². The molecule has 0 aliphatic heterocycles. The van der Waals surface area contributed by atoms with Gasteiger partial charge in [0, 0.05) is 18.0 Å². The van der Waals surface area contributed by atoms with Gasteiger partial charge >= 0.3 is 0 Å². The minimum absolute atomic E-state index is 0.209. The summed E-state index contributed by atoms with van der Waals surface area (Å²) in [6.07, 6.45) is 0. The summed E-state index contributed by atoms with van der Waals surface area (Å²) in [6, 6.07) is 2.74. The first-order chi connectivity index (χ1) is 8.97. The quantitative estimate of drug-likeness (QED) is 0.311. The Morgan fingerprint density at radius 3 is 2.58 bits per heavy atom. The zero-order valence-electron chi connectivity index (χ0n) is 10.9. The lowest BCUT2D eigenvalue weighted by Gasteiger charge is -2.17. The van der Waals surface area contributed by atoms with Crippen molar-refractivity contribution in [3.8, 4) is 5.75 Å². The molecule has 1 atom stereocenters. The van der Waals surface area contributed by atoms with Crippen LogP contribution in [0.25, 0.3) is 10.4 Å². The predicted octanol–water partition coefficient (Wildman–Crippen LogP) is 1.44. The number of carbonyl (C=O) groups excluding carboxylic acids is 1. The van der Waals surface area contributed by atoms with Gasteiger partial charge in [-0.1, -0.05) is 17.2 Å². The topological polar surface area (TPSA) is 124 Å². The van der Waals surface area contributed by atoms with E-state index in [1.807, 2.05) is 0 Å². The number of nitrogens with zero attached hydrogens (tertiary/aromatic N) is 3. The third kappa shape index (κ3) is 3.87. The highest BCUT2D eigenvalue weighted by molar-refractivity contribution is 5.81. The Morgan fingerprint density at radius 2 is 2.11 bits per heavy atom. The van der Waals surface area contributed by atoms with E-state index in [1.54, 1.807) is 26.0 Å². The molecule has 1 aromatic rings. The molecule has 19 heavy (non-hydrogen) atoms. The third-order valence-electron chi connectivity index (χ3n) is 2.75. The van der Waals surface area contributed by atoms with Gasteiger partial charge in [0.15, 0.2) is 0 Å². The summed E-state index contributed by atoms with van der Waals surface area (Å²) < 4.78 is 0. The number of carbonyl (C=O) groups is 1. The standard InChI is InChI=1S/C12H17N5O2/c1-7-5-9(6-8(2)11(7)18)10(12(13)19)15-3-4-16-17-14/h5-6,10,15,18H,3-4H2,1-2H3,(H2,13,19). The smallest absolute Gasteiger partial charge is 0.239 e. The SMILES string of the molecule is Cc1cc(C(NCCN=[N+]=[N-])C(N)=O)cc(C)c1O. The number of azide groups is 1. The Balaban J connectivity index is 2.93. The van der Waals surface area contributed by atoms with Crippen molar-refractivity contribution in [1.82, 2.24) is 5.32 Å². The maximum atomic E-state index is 11.5. The molecule has 0 saturated carbocycles. The molecule has 0 radical (unpaired) electrons. The molecule has 0 fully saturated rings. The van der Waals surface area contributed by atoms with E-state index in [1.165, 1.54) is 0 Å². The highest BCUT2D eigenvalue weighted by atomic mass is 16.3. The number of nitrogens with two attached hydrogens (primary N) is 1. The number of hydrogen-bond acceptors (Lipinski definition) is 4. The van der Waals surface area contributed by atoms with Crippen molar-refractivity contribution in [3.05, 3.63) is 39.3 Å². The maximum absolute atomic E-state index is 11.5. The van der Waals surface area contributed by atoms with Gasteiger partial charge in [0.1, 0.15) is 11.8 Å². The van der Waals surface area contributed by atoms with Crippen LogP contribution in [0.3, 0.4) is 0 Å². The molecule has 1 aromatic carbocycles. The first-order valence-electron chi connectivity index (χ1n) is 5.81. The second kappa shape index (κ2) is 6.63. The largest absolute Gasteiger partial charge is 0.507 e. The minimum Gasteiger partial charge on any atom is -0.507 e. The average Bonchev–Trinajstić information content (AvgIpc) is 2.35. The van der Waals surface area contributed by atoms with Crippen LogP contribution in [0.1, 0.15) is 22.7 Å². The van der Waals surface area contributed by atoms with Gasteiger partial charge in [-0.25, -0.2) is 0 Å². The Morgan fingerprint density at radius 1 is 1.53 bits per heavy atom. The van der Waals surface area contributed by atoms with Crippen molar-refractivity contribution in [2.45, 2.75) is 19.9 Å². The summed E-state index contributed by atoms with van der Waals surface area (Å²) in [5.74, 6) is -0.313. The zero-order chi connectivity index (χ0) is 14.4. The fraction of sp³-hybridized carbons (Fsp3) is 0.417. The second-order valence-electron chi connectivity index (χ2n) is 4.25. The van der Waals surface area contributed by atoms with Crippen LogP contribution in [0.4, 0.5) is 0 Å². The molecule has 1 unspecified atom stereocenters. The Labute approximate surface area is 111 Å². The van der Waals surface area contributed by atoms with Crippen molar-refractivity contribution < 1.29 is 9.90 Å². The highest BCUT2D eigenvalue weighted by Crippen LogP contribution is 2.26. The zero-order valence-corrected chi connectivity index (χ0v) is 10.9. The van der Waals surface area contributed by atoms with Crippen molar-refractivity contribution in [1.29, 1.82) is 0 Å². The molecular weight excluding hydrogens is 246 g/mol. The molecule has 0 aliphatic rings. The normalized spacial score (nSPS) is 11.7. The number of aryl methyl sites for hydroxylation is 2. The summed E-state index contributed by atoms with van der Waals surface area (Å²) in [4.78, 5) is 14.1. The lowest BCUT2D eigenvalue weighted by atomic mass is 10.00. The monoisotopic (exact) mass is 263 g/mol.